The predicted octanol–water partition coefficient (Wildman–Crippen LogP) is 3.95. The summed E-state index contributed by atoms with van der Waals surface area (Å²) in [5, 5.41) is 0.834. The molecule has 0 aliphatic carbocycles. The normalized spacial score (nSPS) is 10.8. The van der Waals surface area contributed by atoms with Crippen LogP contribution in [0.15, 0.2) is 67.0 Å². The van der Waals surface area contributed by atoms with Gasteiger partial charge in [-0.25, -0.2) is 9.97 Å². The summed E-state index contributed by atoms with van der Waals surface area (Å²) in [5.41, 5.74) is 9.98. The Kier molecular flexibility index (Phi) is 3.74. The molecule has 2 aromatic carbocycles. The topological polar surface area (TPSA) is 73.9 Å². The first-order valence-electron chi connectivity index (χ1n) is 7.87. The first-order chi connectivity index (χ1) is 12.2. The zero-order chi connectivity index (χ0) is 17.2. The third-order valence-corrected chi connectivity index (χ3v) is 4.07. The van der Waals surface area contributed by atoms with E-state index in [9.17, 15) is 0 Å². The van der Waals surface area contributed by atoms with Gasteiger partial charge in [-0.15, -0.1) is 0 Å². The van der Waals surface area contributed by atoms with Crippen molar-refractivity contribution in [1.82, 2.24) is 15.0 Å². The fourth-order valence-electron chi connectivity index (χ4n) is 2.74. The molecule has 25 heavy (non-hydrogen) atoms. The molecule has 0 saturated carbocycles. The van der Waals surface area contributed by atoms with Crippen molar-refractivity contribution in [2.45, 2.75) is 0 Å². The van der Waals surface area contributed by atoms with Gasteiger partial charge in [0.2, 0.25) is 0 Å². The van der Waals surface area contributed by atoms with Gasteiger partial charge < -0.3 is 10.5 Å². The highest BCUT2D eigenvalue weighted by Crippen LogP contribution is 2.29. The molecule has 0 saturated heterocycles. The van der Waals surface area contributed by atoms with E-state index in [0.29, 0.717) is 11.6 Å². The summed E-state index contributed by atoms with van der Waals surface area (Å²) >= 11 is 0. The molecule has 4 rings (SSSR count). The number of nitrogens with zero attached hydrogens (tertiary/aromatic N) is 3. The number of fused-ring (bicyclic) bond motifs is 1. The van der Waals surface area contributed by atoms with Gasteiger partial charge >= 0.3 is 0 Å². The van der Waals surface area contributed by atoms with Crippen molar-refractivity contribution in [2.75, 3.05) is 12.8 Å². The zero-order valence-corrected chi connectivity index (χ0v) is 13.7. The number of methoxy groups -OCH3 is 1. The lowest BCUT2D eigenvalue weighted by molar-refractivity contribution is 0.415. The number of benzene rings is 2. The molecule has 0 fully saturated rings. The maximum absolute atomic E-state index is 6.20. The van der Waals surface area contributed by atoms with Gasteiger partial charge in [0.1, 0.15) is 11.6 Å². The minimum Gasteiger partial charge on any atom is -0.497 e. The maximum Gasteiger partial charge on any atom is 0.163 e. The molecule has 2 heterocycles. The molecule has 0 unspecified atom stereocenters. The number of pyridine rings is 1. The second-order valence-electron chi connectivity index (χ2n) is 5.63. The second kappa shape index (κ2) is 6.20. The Labute approximate surface area is 145 Å². The Morgan fingerprint density at radius 1 is 0.880 bits per heavy atom. The van der Waals surface area contributed by atoms with Crippen LogP contribution in [0.4, 0.5) is 5.82 Å². The highest BCUT2D eigenvalue weighted by Gasteiger charge is 2.09. The van der Waals surface area contributed by atoms with Gasteiger partial charge in [-0.05, 0) is 47.5 Å². The molecule has 2 aromatic heterocycles. The van der Waals surface area contributed by atoms with Gasteiger partial charge in [0.05, 0.1) is 12.6 Å². The van der Waals surface area contributed by atoms with Crippen molar-refractivity contribution in [3.63, 3.8) is 0 Å². The van der Waals surface area contributed by atoms with E-state index in [1.54, 1.807) is 19.5 Å². The highest BCUT2D eigenvalue weighted by molar-refractivity contribution is 5.93. The van der Waals surface area contributed by atoms with Gasteiger partial charge in [-0.3, -0.25) is 4.98 Å². The van der Waals surface area contributed by atoms with E-state index in [0.717, 1.165) is 33.3 Å². The van der Waals surface area contributed by atoms with E-state index in [-0.39, 0.29) is 0 Å². The van der Waals surface area contributed by atoms with E-state index in [2.05, 4.69) is 15.0 Å². The van der Waals surface area contributed by atoms with Crippen LogP contribution in [0.5, 0.6) is 5.75 Å². The molecule has 122 valence electrons. The molecule has 0 aliphatic heterocycles. The fraction of sp³-hybridized carbons (Fsp3) is 0.0500. The van der Waals surface area contributed by atoms with E-state index >= 15 is 0 Å². The Morgan fingerprint density at radius 2 is 1.68 bits per heavy atom. The lowest BCUT2D eigenvalue weighted by atomic mass is 10.0. The molecule has 0 spiro atoms. The number of nitrogen functional groups attached to an aromatic ring is 1. The second-order valence-corrected chi connectivity index (χ2v) is 5.63. The molecule has 0 aliphatic rings. The van der Waals surface area contributed by atoms with Gasteiger partial charge in [-0.2, -0.15) is 0 Å². The number of aromatic nitrogens is 3. The Hall–Kier alpha value is -3.47. The summed E-state index contributed by atoms with van der Waals surface area (Å²) in [6.07, 6.45) is 3.45. The molecule has 4 aromatic rings. The zero-order valence-electron chi connectivity index (χ0n) is 13.7. The summed E-state index contributed by atoms with van der Waals surface area (Å²) < 4.78 is 5.20. The minimum atomic E-state index is 0.458. The largest absolute Gasteiger partial charge is 0.497 e. The van der Waals surface area contributed by atoms with Gasteiger partial charge in [0.25, 0.3) is 0 Å². The number of anilines is 1. The van der Waals surface area contributed by atoms with Crippen LogP contribution in [0.1, 0.15) is 0 Å². The smallest absolute Gasteiger partial charge is 0.163 e. The number of hydrogen-bond donors (Lipinski definition) is 1. The molecular formula is C20H16N4O. The van der Waals surface area contributed by atoms with Crippen LogP contribution in [0.3, 0.4) is 0 Å². The molecule has 0 amide bonds. The number of nitrogens with two attached hydrogens (primary N) is 1. The monoisotopic (exact) mass is 328 g/mol. The third kappa shape index (κ3) is 2.87. The van der Waals surface area contributed by atoms with Crippen LogP contribution in [0, 0.1) is 0 Å². The van der Waals surface area contributed by atoms with Crippen molar-refractivity contribution in [3.05, 3.63) is 67.0 Å². The average Bonchev–Trinajstić information content (AvgIpc) is 2.68. The number of ether oxygens (including phenoxy) is 1. The van der Waals surface area contributed by atoms with Crippen LogP contribution < -0.4 is 10.5 Å². The molecule has 0 bridgehead atoms. The van der Waals surface area contributed by atoms with Crippen LogP contribution in [-0.4, -0.2) is 22.1 Å². The Balaban J connectivity index is 1.79. The standard InChI is InChI=1S/C20H16N4O/c1-25-16-7-4-13(5-8-16)14-6-9-18-17(11-14)19(21)24-20(23-18)15-3-2-10-22-12-15/h2-12H,1H3,(H2,21,23,24). The minimum absolute atomic E-state index is 0.458. The number of rotatable bonds is 3. The van der Waals surface area contributed by atoms with Gasteiger partial charge in [0.15, 0.2) is 5.82 Å². The summed E-state index contributed by atoms with van der Waals surface area (Å²) in [7, 11) is 1.66. The summed E-state index contributed by atoms with van der Waals surface area (Å²) in [5.74, 6) is 1.86. The molecule has 0 atom stereocenters. The third-order valence-electron chi connectivity index (χ3n) is 4.07. The first-order valence-corrected chi connectivity index (χ1v) is 7.87. The van der Waals surface area contributed by atoms with Crippen LogP contribution in [0.2, 0.25) is 0 Å². The lowest BCUT2D eigenvalue weighted by Gasteiger charge is -2.08. The quantitative estimate of drug-likeness (QED) is 0.616. The Bertz CT molecular complexity index is 1030. The maximum atomic E-state index is 6.20. The van der Waals surface area contributed by atoms with Crippen molar-refractivity contribution >= 4 is 16.7 Å². The van der Waals surface area contributed by atoms with Crippen LogP contribution >= 0.6 is 0 Å². The number of hydrogen-bond acceptors (Lipinski definition) is 5. The first kappa shape index (κ1) is 15.1. The predicted molar refractivity (Wildman–Crippen MR) is 99.2 cm³/mol. The average molecular weight is 328 g/mol. The van der Waals surface area contributed by atoms with Crippen molar-refractivity contribution < 1.29 is 4.74 Å². The van der Waals surface area contributed by atoms with Crippen molar-refractivity contribution in [3.8, 4) is 28.3 Å². The Morgan fingerprint density at radius 3 is 2.40 bits per heavy atom. The van der Waals surface area contributed by atoms with Gasteiger partial charge in [-0.1, -0.05) is 18.2 Å². The summed E-state index contributed by atoms with van der Waals surface area (Å²) in [4.78, 5) is 13.2. The van der Waals surface area contributed by atoms with Crippen LogP contribution in [0.25, 0.3) is 33.4 Å². The fourth-order valence-corrected chi connectivity index (χ4v) is 2.74. The van der Waals surface area contributed by atoms with Gasteiger partial charge in [0, 0.05) is 23.3 Å². The summed E-state index contributed by atoms with van der Waals surface area (Å²) in [6.45, 7) is 0. The molecule has 2 N–H and O–H groups in total. The van der Waals surface area contributed by atoms with Crippen molar-refractivity contribution in [2.24, 2.45) is 0 Å². The molecular weight excluding hydrogens is 312 g/mol. The molecule has 5 nitrogen and oxygen atoms in total. The molecule has 5 heteroatoms. The summed E-state index contributed by atoms with van der Waals surface area (Å²) in [6, 6.07) is 17.7. The van der Waals surface area contributed by atoms with Crippen LogP contribution in [-0.2, 0) is 0 Å². The molecule has 0 radical (unpaired) electrons. The van der Waals surface area contributed by atoms with Crippen molar-refractivity contribution in [1.29, 1.82) is 0 Å². The lowest BCUT2D eigenvalue weighted by Crippen LogP contribution is -1.98. The highest BCUT2D eigenvalue weighted by atomic mass is 16.5. The van der Waals surface area contributed by atoms with E-state index in [4.69, 9.17) is 10.5 Å². The van der Waals surface area contributed by atoms with E-state index in [1.807, 2.05) is 54.6 Å². The van der Waals surface area contributed by atoms with E-state index < -0.39 is 0 Å². The SMILES string of the molecule is COc1ccc(-c2ccc3nc(-c4cccnc4)nc(N)c3c2)cc1. The van der Waals surface area contributed by atoms with E-state index in [1.165, 1.54) is 0 Å².